The molecule has 0 aromatic heterocycles. The molecule has 0 aliphatic carbocycles. The zero-order valence-corrected chi connectivity index (χ0v) is 16.7. The van der Waals surface area contributed by atoms with Crippen LogP contribution in [0.5, 0.6) is 5.75 Å². The van der Waals surface area contributed by atoms with E-state index < -0.39 is 0 Å². The quantitative estimate of drug-likeness (QED) is 0.858. The first-order valence-corrected chi connectivity index (χ1v) is 10.2. The fourth-order valence-electron chi connectivity index (χ4n) is 4.40. The fraction of sp³-hybridized carbons (Fsp3) is 0.391. The Balaban J connectivity index is 1.40. The Morgan fingerprint density at radius 1 is 1.03 bits per heavy atom. The van der Waals surface area contributed by atoms with E-state index in [2.05, 4.69) is 5.32 Å². The molecule has 2 aromatic rings. The van der Waals surface area contributed by atoms with E-state index in [0.717, 1.165) is 24.2 Å². The smallest absolute Gasteiger partial charge is 0.321 e. The van der Waals surface area contributed by atoms with Gasteiger partial charge >= 0.3 is 6.03 Å². The van der Waals surface area contributed by atoms with Gasteiger partial charge in [0.1, 0.15) is 5.75 Å². The van der Waals surface area contributed by atoms with Crippen LogP contribution in [0.3, 0.4) is 0 Å². The SMILES string of the molecule is COc1cccc(NC(=O)N2CC[C@@H]3CC(=O)N(c4ccccc4)CC[C@H]3C2)c1. The van der Waals surface area contributed by atoms with E-state index in [4.69, 9.17) is 4.74 Å². The molecule has 0 bridgehead atoms. The second kappa shape index (κ2) is 8.55. The first-order valence-electron chi connectivity index (χ1n) is 10.2. The van der Waals surface area contributed by atoms with E-state index >= 15 is 0 Å². The molecule has 2 atom stereocenters. The van der Waals surface area contributed by atoms with Crippen molar-refractivity contribution in [3.05, 3.63) is 54.6 Å². The number of benzene rings is 2. The van der Waals surface area contributed by atoms with Crippen molar-refractivity contribution in [2.24, 2.45) is 11.8 Å². The predicted octanol–water partition coefficient (Wildman–Crippen LogP) is 3.99. The van der Waals surface area contributed by atoms with E-state index in [1.165, 1.54) is 0 Å². The predicted molar refractivity (Wildman–Crippen MR) is 113 cm³/mol. The summed E-state index contributed by atoms with van der Waals surface area (Å²) in [5.41, 5.74) is 1.69. The average Bonchev–Trinajstić information content (AvgIpc) is 2.92. The lowest BCUT2D eigenvalue weighted by Gasteiger charge is -2.37. The van der Waals surface area contributed by atoms with Gasteiger partial charge in [0.05, 0.1) is 7.11 Å². The summed E-state index contributed by atoms with van der Waals surface area (Å²) in [5.74, 6) is 1.59. The number of amides is 3. The average molecular weight is 393 g/mol. The molecule has 0 unspecified atom stereocenters. The lowest BCUT2D eigenvalue weighted by molar-refractivity contribution is -0.119. The molecule has 6 nitrogen and oxygen atoms in total. The highest BCUT2D eigenvalue weighted by Crippen LogP contribution is 2.34. The number of rotatable bonds is 3. The summed E-state index contributed by atoms with van der Waals surface area (Å²) in [7, 11) is 1.61. The molecule has 29 heavy (non-hydrogen) atoms. The number of likely N-dealkylation sites (tertiary alicyclic amines) is 1. The summed E-state index contributed by atoms with van der Waals surface area (Å²) in [5, 5.41) is 2.97. The van der Waals surface area contributed by atoms with Crippen molar-refractivity contribution in [1.29, 1.82) is 0 Å². The first kappa shape index (κ1) is 19.3. The third-order valence-electron chi connectivity index (χ3n) is 6.03. The van der Waals surface area contributed by atoms with Gasteiger partial charge in [0.2, 0.25) is 5.91 Å². The highest BCUT2D eigenvalue weighted by Gasteiger charge is 2.36. The largest absolute Gasteiger partial charge is 0.497 e. The Labute approximate surface area is 171 Å². The summed E-state index contributed by atoms with van der Waals surface area (Å²) < 4.78 is 5.22. The maximum absolute atomic E-state index is 12.8. The van der Waals surface area contributed by atoms with Crippen LogP contribution in [-0.4, -0.2) is 43.6 Å². The van der Waals surface area contributed by atoms with Crippen LogP contribution in [0.1, 0.15) is 19.3 Å². The summed E-state index contributed by atoms with van der Waals surface area (Å²) >= 11 is 0. The van der Waals surface area contributed by atoms with Gasteiger partial charge in [-0.05, 0) is 48.9 Å². The minimum absolute atomic E-state index is 0.0906. The number of hydrogen-bond donors (Lipinski definition) is 1. The third-order valence-corrected chi connectivity index (χ3v) is 6.03. The Morgan fingerprint density at radius 3 is 2.62 bits per heavy atom. The molecule has 2 heterocycles. The van der Waals surface area contributed by atoms with Crippen LogP contribution in [0, 0.1) is 11.8 Å². The van der Waals surface area contributed by atoms with E-state index in [-0.39, 0.29) is 11.9 Å². The van der Waals surface area contributed by atoms with E-state index in [1.807, 2.05) is 64.4 Å². The number of nitrogens with zero attached hydrogens (tertiary/aromatic N) is 2. The molecule has 6 heteroatoms. The Bertz CT molecular complexity index is 871. The Hall–Kier alpha value is -3.02. The van der Waals surface area contributed by atoms with Gasteiger partial charge in [-0.1, -0.05) is 24.3 Å². The Kier molecular flexibility index (Phi) is 5.69. The normalized spacial score (nSPS) is 21.9. The number of ether oxygens (including phenoxy) is 1. The molecule has 3 amide bonds. The molecule has 2 aromatic carbocycles. The molecule has 0 saturated carbocycles. The van der Waals surface area contributed by atoms with Crippen molar-refractivity contribution in [2.45, 2.75) is 19.3 Å². The summed E-state index contributed by atoms with van der Waals surface area (Å²) in [4.78, 5) is 29.4. The van der Waals surface area contributed by atoms with Crippen LogP contribution in [0.25, 0.3) is 0 Å². The zero-order valence-electron chi connectivity index (χ0n) is 16.7. The van der Waals surface area contributed by atoms with Crippen LogP contribution in [-0.2, 0) is 4.79 Å². The lowest BCUT2D eigenvalue weighted by atomic mass is 9.82. The molecular weight excluding hydrogens is 366 g/mol. The van der Waals surface area contributed by atoms with Gasteiger partial charge in [-0.15, -0.1) is 0 Å². The van der Waals surface area contributed by atoms with Crippen molar-refractivity contribution in [3.63, 3.8) is 0 Å². The maximum Gasteiger partial charge on any atom is 0.321 e. The van der Waals surface area contributed by atoms with Crippen molar-refractivity contribution >= 4 is 23.3 Å². The molecule has 4 rings (SSSR count). The molecule has 0 radical (unpaired) electrons. The topological polar surface area (TPSA) is 61.9 Å². The van der Waals surface area contributed by atoms with Crippen LogP contribution in [0.2, 0.25) is 0 Å². The van der Waals surface area contributed by atoms with Crippen molar-refractivity contribution in [1.82, 2.24) is 4.90 Å². The van der Waals surface area contributed by atoms with Gasteiger partial charge < -0.3 is 19.9 Å². The van der Waals surface area contributed by atoms with Crippen molar-refractivity contribution in [2.75, 3.05) is 37.0 Å². The molecule has 0 spiro atoms. The van der Waals surface area contributed by atoms with E-state index in [9.17, 15) is 9.59 Å². The number of carbonyl (C=O) groups is 2. The van der Waals surface area contributed by atoms with Gasteiger partial charge in [0, 0.05) is 43.5 Å². The van der Waals surface area contributed by atoms with Crippen LogP contribution in [0.15, 0.2) is 54.6 Å². The maximum atomic E-state index is 12.8. The minimum Gasteiger partial charge on any atom is -0.497 e. The highest BCUT2D eigenvalue weighted by molar-refractivity contribution is 5.94. The number of fused-ring (bicyclic) bond motifs is 1. The van der Waals surface area contributed by atoms with Crippen LogP contribution in [0.4, 0.5) is 16.2 Å². The van der Waals surface area contributed by atoms with Gasteiger partial charge in [0.25, 0.3) is 0 Å². The molecule has 2 aliphatic heterocycles. The zero-order chi connectivity index (χ0) is 20.2. The van der Waals surface area contributed by atoms with E-state index in [0.29, 0.717) is 43.6 Å². The molecule has 2 fully saturated rings. The highest BCUT2D eigenvalue weighted by atomic mass is 16.5. The van der Waals surface area contributed by atoms with Crippen molar-refractivity contribution in [3.8, 4) is 5.75 Å². The summed E-state index contributed by atoms with van der Waals surface area (Å²) in [6.45, 7) is 2.07. The molecule has 2 aliphatic rings. The number of piperidine rings is 1. The number of hydrogen-bond acceptors (Lipinski definition) is 3. The number of nitrogens with one attached hydrogen (secondary N) is 1. The number of para-hydroxylation sites is 1. The van der Waals surface area contributed by atoms with Crippen molar-refractivity contribution < 1.29 is 14.3 Å². The number of urea groups is 1. The fourth-order valence-corrected chi connectivity index (χ4v) is 4.40. The molecule has 152 valence electrons. The standard InChI is InChI=1S/C23H27N3O3/c1-29-21-9-5-6-19(15-21)24-23(28)25-12-10-17-14-22(27)26(13-11-18(17)16-25)20-7-3-2-4-8-20/h2-9,15,17-18H,10-14,16H2,1H3,(H,24,28)/t17-,18+/m1/s1. The third kappa shape index (κ3) is 4.36. The van der Waals surface area contributed by atoms with Gasteiger partial charge in [-0.25, -0.2) is 4.79 Å². The summed E-state index contributed by atoms with van der Waals surface area (Å²) in [6, 6.07) is 17.1. The second-order valence-electron chi connectivity index (χ2n) is 7.79. The number of methoxy groups -OCH3 is 1. The number of carbonyl (C=O) groups excluding carboxylic acids is 2. The van der Waals surface area contributed by atoms with Crippen LogP contribution < -0.4 is 15.0 Å². The van der Waals surface area contributed by atoms with Gasteiger partial charge in [-0.3, -0.25) is 4.79 Å². The first-order chi connectivity index (χ1) is 14.1. The van der Waals surface area contributed by atoms with E-state index in [1.54, 1.807) is 7.11 Å². The molecular formula is C23H27N3O3. The molecule has 2 saturated heterocycles. The lowest BCUT2D eigenvalue weighted by Crippen LogP contribution is -2.45. The minimum atomic E-state index is -0.0906. The van der Waals surface area contributed by atoms with Crippen LogP contribution >= 0.6 is 0 Å². The Morgan fingerprint density at radius 2 is 1.83 bits per heavy atom. The second-order valence-corrected chi connectivity index (χ2v) is 7.79. The summed E-state index contributed by atoms with van der Waals surface area (Å²) in [6.07, 6.45) is 2.34. The molecule has 1 N–H and O–H groups in total. The van der Waals surface area contributed by atoms with Gasteiger partial charge in [-0.2, -0.15) is 0 Å². The van der Waals surface area contributed by atoms with Gasteiger partial charge in [0.15, 0.2) is 0 Å². The monoisotopic (exact) mass is 393 g/mol. The number of anilines is 2.